The zero-order valence-electron chi connectivity index (χ0n) is 13.4. The molecular formula is C20H12F2N2OS. The number of rotatable bonds is 3. The van der Waals surface area contributed by atoms with E-state index < -0.39 is 17.5 Å². The van der Waals surface area contributed by atoms with Crippen LogP contribution < -0.4 is 5.32 Å². The molecule has 0 bridgehead atoms. The first kappa shape index (κ1) is 16.4. The normalized spacial score (nSPS) is 10.8. The second-order valence-electron chi connectivity index (χ2n) is 5.61. The van der Waals surface area contributed by atoms with Crippen LogP contribution in [0.3, 0.4) is 0 Å². The average molecular weight is 366 g/mol. The number of para-hydroxylation sites is 2. The molecule has 0 atom stereocenters. The number of nitrogens with one attached hydrogen (secondary N) is 1. The van der Waals surface area contributed by atoms with E-state index in [1.807, 2.05) is 36.4 Å². The first-order chi connectivity index (χ1) is 12.6. The molecule has 0 spiro atoms. The van der Waals surface area contributed by atoms with E-state index >= 15 is 0 Å². The van der Waals surface area contributed by atoms with Gasteiger partial charge in [-0.2, -0.15) is 0 Å². The number of carbonyl (C=O) groups is 1. The number of amides is 1. The number of carbonyl (C=O) groups excluding carboxylic acids is 1. The number of hydrogen-bond acceptors (Lipinski definition) is 3. The minimum absolute atomic E-state index is 0.217. The quantitative estimate of drug-likeness (QED) is 0.521. The van der Waals surface area contributed by atoms with Gasteiger partial charge in [-0.05, 0) is 36.4 Å². The minimum Gasteiger partial charge on any atom is -0.321 e. The third kappa shape index (κ3) is 3.07. The average Bonchev–Trinajstić information content (AvgIpc) is 3.06. The van der Waals surface area contributed by atoms with Crippen molar-refractivity contribution >= 4 is 33.1 Å². The van der Waals surface area contributed by atoms with E-state index in [2.05, 4.69) is 10.3 Å². The molecule has 0 aliphatic rings. The Morgan fingerprint density at radius 3 is 2.54 bits per heavy atom. The van der Waals surface area contributed by atoms with Crippen molar-refractivity contribution in [3.05, 3.63) is 83.9 Å². The molecule has 6 heteroatoms. The molecule has 4 rings (SSSR count). The van der Waals surface area contributed by atoms with Gasteiger partial charge in [0.15, 0.2) is 0 Å². The van der Waals surface area contributed by atoms with Gasteiger partial charge in [-0.3, -0.25) is 4.79 Å². The van der Waals surface area contributed by atoms with Crippen LogP contribution in [0.1, 0.15) is 10.4 Å². The summed E-state index contributed by atoms with van der Waals surface area (Å²) in [4.78, 5) is 17.0. The fraction of sp³-hybridized carbons (Fsp3) is 0. The minimum atomic E-state index is -0.903. The van der Waals surface area contributed by atoms with Gasteiger partial charge in [-0.1, -0.05) is 24.3 Å². The molecule has 0 unspecified atom stereocenters. The van der Waals surface area contributed by atoms with Crippen LogP contribution >= 0.6 is 11.3 Å². The molecule has 3 nitrogen and oxygen atoms in total. The Bertz CT molecular complexity index is 1090. The molecule has 0 saturated heterocycles. The third-order valence-corrected chi connectivity index (χ3v) is 4.94. The van der Waals surface area contributed by atoms with Crippen LogP contribution in [-0.2, 0) is 0 Å². The van der Waals surface area contributed by atoms with Crippen LogP contribution in [0, 0.1) is 11.6 Å². The number of thiazole rings is 1. The Morgan fingerprint density at radius 2 is 1.73 bits per heavy atom. The highest BCUT2D eigenvalue weighted by molar-refractivity contribution is 7.21. The highest BCUT2D eigenvalue weighted by Gasteiger charge is 2.16. The topological polar surface area (TPSA) is 42.0 Å². The standard InChI is InChI=1S/C20H12F2N2OS/c21-12-9-10-13(15(22)11-12)19(25)23-16-6-2-1-5-14(16)20-24-17-7-3-4-8-18(17)26-20/h1-11H,(H,23,25). The Morgan fingerprint density at radius 1 is 0.962 bits per heavy atom. The molecule has 0 saturated carbocycles. The van der Waals surface area contributed by atoms with Crippen molar-refractivity contribution in [1.29, 1.82) is 0 Å². The largest absolute Gasteiger partial charge is 0.321 e. The molecule has 1 N–H and O–H groups in total. The number of nitrogens with zero attached hydrogens (tertiary/aromatic N) is 1. The van der Waals surface area contributed by atoms with Gasteiger partial charge < -0.3 is 5.32 Å². The summed E-state index contributed by atoms with van der Waals surface area (Å²) in [5.74, 6) is -2.27. The molecule has 0 radical (unpaired) electrons. The second kappa shape index (κ2) is 6.65. The van der Waals surface area contributed by atoms with E-state index in [0.29, 0.717) is 11.8 Å². The molecule has 128 valence electrons. The Balaban J connectivity index is 1.70. The lowest BCUT2D eigenvalue weighted by Gasteiger charge is -2.10. The molecule has 0 aliphatic carbocycles. The van der Waals surface area contributed by atoms with Crippen molar-refractivity contribution in [3.63, 3.8) is 0 Å². The number of fused-ring (bicyclic) bond motifs is 1. The summed E-state index contributed by atoms with van der Waals surface area (Å²) in [5.41, 5.74) is 1.91. The Hall–Kier alpha value is -3.12. The maximum absolute atomic E-state index is 13.9. The summed E-state index contributed by atoms with van der Waals surface area (Å²) in [6, 6.07) is 17.8. The monoisotopic (exact) mass is 366 g/mol. The number of anilines is 1. The van der Waals surface area contributed by atoms with Crippen molar-refractivity contribution in [2.45, 2.75) is 0 Å². The van der Waals surface area contributed by atoms with Gasteiger partial charge in [0.25, 0.3) is 5.91 Å². The van der Waals surface area contributed by atoms with E-state index in [-0.39, 0.29) is 5.56 Å². The van der Waals surface area contributed by atoms with Gasteiger partial charge >= 0.3 is 0 Å². The SMILES string of the molecule is O=C(Nc1ccccc1-c1nc2ccccc2s1)c1ccc(F)cc1F. The van der Waals surface area contributed by atoms with E-state index in [0.717, 1.165) is 32.9 Å². The van der Waals surface area contributed by atoms with Crippen LogP contribution in [-0.4, -0.2) is 10.9 Å². The van der Waals surface area contributed by atoms with Crippen molar-refractivity contribution in [2.24, 2.45) is 0 Å². The molecular weight excluding hydrogens is 354 g/mol. The predicted molar refractivity (Wildman–Crippen MR) is 99.4 cm³/mol. The smallest absolute Gasteiger partial charge is 0.258 e. The second-order valence-corrected chi connectivity index (χ2v) is 6.64. The number of benzene rings is 3. The molecule has 0 aliphatic heterocycles. The summed E-state index contributed by atoms with van der Waals surface area (Å²) >= 11 is 1.51. The first-order valence-electron chi connectivity index (χ1n) is 7.83. The summed E-state index contributed by atoms with van der Waals surface area (Å²) in [6.07, 6.45) is 0. The number of halogens is 2. The van der Waals surface area contributed by atoms with Crippen molar-refractivity contribution in [3.8, 4) is 10.6 Å². The summed E-state index contributed by atoms with van der Waals surface area (Å²) < 4.78 is 27.9. The van der Waals surface area contributed by atoms with E-state index in [4.69, 9.17) is 0 Å². The molecule has 1 aromatic heterocycles. The fourth-order valence-corrected chi connectivity index (χ4v) is 3.63. The maximum atomic E-state index is 13.9. The van der Waals surface area contributed by atoms with Crippen LogP contribution in [0.5, 0.6) is 0 Å². The maximum Gasteiger partial charge on any atom is 0.258 e. The van der Waals surface area contributed by atoms with Crippen LogP contribution in [0.2, 0.25) is 0 Å². The first-order valence-corrected chi connectivity index (χ1v) is 8.65. The Kier molecular flexibility index (Phi) is 4.18. The molecule has 0 fully saturated rings. The summed E-state index contributed by atoms with van der Waals surface area (Å²) in [6.45, 7) is 0. The van der Waals surface area contributed by atoms with Gasteiger partial charge in [0.1, 0.15) is 16.6 Å². The van der Waals surface area contributed by atoms with Crippen LogP contribution in [0.15, 0.2) is 66.7 Å². The van der Waals surface area contributed by atoms with Gasteiger partial charge in [0.05, 0.1) is 21.5 Å². The van der Waals surface area contributed by atoms with Gasteiger partial charge in [-0.15, -0.1) is 11.3 Å². The predicted octanol–water partition coefficient (Wildman–Crippen LogP) is 5.49. The van der Waals surface area contributed by atoms with Crippen molar-refractivity contribution in [2.75, 3.05) is 5.32 Å². The third-order valence-electron chi connectivity index (χ3n) is 3.88. The van der Waals surface area contributed by atoms with Gasteiger partial charge in [-0.25, -0.2) is 13.8 Å². The number of aromatic nitrogens is 1. The van der Waals surface area contributed by atoms with Crippen molar-refractivity contribution in [1.82, 2.24) is 4.98 Å². The highest BCUT2D eigenvalue weighted by atomic mass is 32.1. The number of hydrogen-bond donors (Lipinski definition) is 1. The molecule has 4 aromatic rings. The zero-order chi connectivity index (χ0) is 18.1. The van der Waals surface area contributed by atoms with Crippen LogP contribution in [0.4, 0.5) is 14.5 Å². The van der Waals surface area contributed by atoms with E-state index in [1.54, 1.807) is 12.1 Å². The molecule has 26 heavy (non-hydrogen) atoms. The van der Waals surface area contributed by atoms with E-state index in [1.165, 1.54) is 11.3 Å². The molecule has 3 aromatic carbocycles. The van der Waals surface area contributed by atoms with E-state index in [9.17, 15) is 13.6 Å². The van der Waals surface area contributed by atoms with Gasteiger partial charge in [0.2, 0.25) is 0 Å². The Labute approximate surface area is 151 Å². The zero-order valence-corrected chi connectivity index (χ0v) is 14.2. The lowest BCUT2D eigenvalue weighted by atomic mass is 10.1. The molecule has 1 heterocycles. The summed E-state index contributed by atoms with van der Waals surface area (Å²) in [7, 11) is 0. The lowest BCUT2D eigenvalue weighted by Crippen LogP contribution is -2.14. The lowest BCUT2D eigenvalue weighted by molar-refractivity contribution is 0.102. The summed E-state index contributed by atoms with van der Waals surface area (Å²) in [5, 5.41) is 3.45. The highest BCUT2D eigenvalue weighted by Crippen LogP contribution is 2.34. The van der Waals surface area contributed by atoms with Crippen molar-refractivity contribution < 1.29 is 13.6 Å². The molecule has 1 amide bonds. The van der Waals surface area contributed by atoms with Gasteiger partial charge in [0, 0.05) is 11.6 Å². The fourth-order valence-electron chi connectivity index (χ4n) is 2.63. The van der Waals surface area contributed by atoms with Crippen LogP contribution in [0.25, 0.3) is 20.8 Å².